The maximum Gasteiger partial charge on any atom is 0.323 e. The summed E-state index contributed by atoms with van der Waals surface area (Å²) in [6.45, 7) is 4.56. The quantitative estimate of drug-likeness (QED) is 0.796. The number of carboxylic acids is 1. The van der Waals surface area contributed by atoms with E-state index in [9.17, 15) is 9.90 Å². The van der Waals surface area contributed by atoms with Crippen LogP contribution in [0.1, 0.15) is 38.5 Å². The fraction of sp³-hybridized carbons (Fsp3) is 0.933. The average molecular weight is 281 g/mol. The van der Waals surface area contributed by atoms with E-state index in [4.69, 9.17) is 0 Å². The van der Waals surface area contributed by atoms with Crippen LogP contribution in [-0.4, -0.2) is 71.7 Å². The maximum atomic E-state index is 11.6. The molecule has 1 heterocycles. The molecule has 0 amide bonds. The van der Waals surface area contributed by atoms with E-state index in [2.05, 4.69) is 15.1 Å². The second-order valence-corrected chi connectivity index (χ2v) is 6.69. The van der Waals surface area contributed by atoms with Crippen molar-refractivity contribution in [1.29, 1.82) is 0 Å². The van der Waals surface area contributed by atoms with Gasteiger partial charge in [-0.15, -0.1) is 0 Å². The molecule has 5 nitrogen and oxygen atoms in total. The molecule has 2 aliphatic carbocycles. The smallest absolute Gasteiger partial charge is 0.323 e. The van der Waals surface area contributed by atoms with Crippen LogP contribution in [0.3, 0.4) is 0 Å². The fourth-order valence-electron chi connectivity index (χ4n) is 3.99. The molecule has 3 rings (SSSR count). The van der Waals surface area contributed by atoms with Crippen LogP contribution >= 0.6 is 0 Å². The third-order valence-electron chi connectivity index (χ3n) is 5.54. The first-order chi connectivity index (χ1) is 9.64. The Morgan fingerprint density at radius 2 is 1.70 bits per heavy atom. The van der Waals surface area contributed by atoms with Gasteiger partial charge in [-0.2, -0.15) is 0 Å². The predicted molar refractivity (Wildman–Crippen MR) is 77.9 cm³/mol. The highest BCUT2D eigenvalue weighted by atomic mass is 16.4. The average Bonchev–Trinajstić information content (AvgIpc) is 3.32. The number of carboxylic acid groups (broad SMARTS) is 1. The van der Waals surface area contributed by atoms with Crippen molar-refractivity contribution in [3.8, 4) is 0 Å². The third kappa shape index (κ3) is 2.71. The fourth-order valence-corrected chi connectivity index (χ4v) is 3.99. The van der Waals surface area contributed by atoms with Crippen molar-refractivity contribution in [3.63, 3.8) is 0 Å². The molecule has 2 atom stereocenters. The summed E-state index contributed by atoms with van der Waals surface area (Å²) in [6.07, 6.45) is 6.44. The lowest BCUT2D eigenvalue weighted by Gasteiger charge is -2.45. The summed E-state index contributed by atoms with van der Waals surface area (Å²) in [7, 11) is 1.79. The molecule has 1 aliphatic heterocycles. The van der Waals surface area contributed by atoms with E-state index in [0.717, 1.165) is 44.8 Å². The normalized spacial score (nSPS) is 37.0. The summed E-state index contributed by atoms with van der Waals surface area (Å²) in [6, 6.07) is 1.30. The number of aliphatic carboxylic acids is 1. The maximum absolute atomic E-state index is 11.6. The van der Waals surface area contributed by atoms with E-state index in [0.29, 0.717) is 6.04 Å². The monoisotopic (exact) mass is 281 g/mol. The SMILES string of the molecule is CNC1(C(=O)O)CCCC(N2CCN(C3CC3)CC2)C1. The highest BCUT2D eigenvalue weighted by Crippen LogP contribution is 2.33. The molecule has 0 aromatic carbocycles. The van der Waals surface area contributed by atoms with Crippen LogP contribution in [0.4, 0.5) is 0 Å². The van der Waals surface area contributed by atoms with E-state index < -0.39 is 11.5 Å². The number of likely N-dealkylation sites (N-methyl/N-ethyl adjacent to an activating group) is 1. The molecule has 3 fully saturated rings. The van der Waals surface area contributed by atoms with Gasteiger partial charge in [-0.3, -0.25) is 14.6 Å². The Balaban J connectivity index is 1.58. The van der Waals surface area contributed by atoms with Gasteiger partial charge in [-0.05, 0) is 45.6 Å². The van der Waals surface area contributed by atoms with Gasteiger partial charge in [0, 0.05) is 38.3 Å². The van der Waals surface area contributed by atoms with Crippen LogP contribution in [-0.2, 0) is 4.79 Å². The van der Waals surface area contributed by atoms with Gasteiger partial charge in [0.25, 0.3) is 0 Å². The van der Waals surface area contributed by atoms with Gasteiger partial charge in [0.15, 0.2) is 0 Å². The van der Waals surface area contributed by atoms with Crippen molar-refractivity contribution in [1.82, 2.24) is 15.1 Å². The molecule has 114 valence electrons. The topological polar surface area (TPSA) is 55.8 Å². The number of nitrogens with one attached hydrogen (secondary N) is 1. The summed E-state index contributed by atoms with van der Waals surface area (Å²) in [4.78, 5) is 16.7. The van der Waals surface area contributed by atoms with Crippen molar-refractivity contribution >= 4 is 5.97 Å². The van der Waals surface area contributed by atoms with Gasteiger partial charge in [-0.1, -0.05) is 0 Å². The van der Waals surface area contributed by atoms with E-state index in [1.807, 2.05) is 0 Å². The Bertz CT molecular complexity index is 364. The second kappa shape index (κ2) is 5.62. The standard InChI is InChI=1S/C15H27N3O2/c1-16-15(14(19)20)6-2-3-13(11-15)18-9-7-17(8-10-18)12-4-5-12/h12-13,16H,2-11H2,1H3,(H,19,20). The number of carbonyl (C=O) groups is 1. The molecule has 1 saturated heterocycles. The molecule has 2 unspecified atom stereocenters. The van der Waals surface area contributed by atoms with Gasteiger partial charge in [0.2, 0.25) is 0 Å². The zero-order valence-corrected chi connectivity index (χ0v) is 12.5. The Labute approximate surface area is 121 Å². The molecule has 3 aliphatic rings. The van der Waals surface area contributed by atoms with Crippen LogP contribution in [0.25, 0.3) is 0 Å². The first kappa shape index (κ1) is 14.3. The van der Waals surface area contributed by atoms with Crippen LogP contribution < -0.4 is 5.32 Å². The Morgan fingerprint density at radius 1 is 1.10 bits per heavy atom. The second-order valence-electron chi connectivity index (χ2n) is 6.69. The minimum absolute atomic E-state index is 0.439. The van der Waals surface area contributed by atoms with Gasteiger partial charge >= 0.3 is 5.97 Å². The number of hydrogen-bond acceptors (Lipinski definition) is 4. The zero-order valence-electron chi connectivity index (χ0n) is 12.5. The predicted octanol–water partition coefficient (Wildman–Crippen LogP) is 0.752. The molecule has 0 spiro atoms. The summed E-state index contributed by atoms with van der Waals surface area (Å²) >= 11 is 0. The van der Waals surface area contributed by atoms with Crippen LogP contribution in [0.2, 0.25) is 0 Å². The minimum atomic E-state index is -0.698. The van der Waals surface area contributed by atoms with Crippen LogP contribution in [0, 0.1) is 0 Å². The van der Waals surface area contributed by atoms with Gasteiger partial charge < -0.3 is 10.4 Å². The molecule has 2 N–H and O–H groups in total. The Kier molecular flexibility index (Phi) is 4.02. The number of piperazine rings is 1. The molecule has 2 saturated carbocycles. The first-order valence-corrected chi connectivity index (χ1v) is 8.05. The highest BCUT2D eigenvalue weighted by molar-refractivity contribution is 5.79. The molecule has 0 aromatic heterocycles. The zero-order chi connectivity index (χ0) is 14.2. The minimum Gasteiger partial charge on any atom is -0.480 e. The lowest BCUT2D eigenvalue weighted by molar-refractivity contribution is -0.147. The van der Waals surface area contributed by atoms with Gasteiger partial charge in [0.1, 0.15) is 5.54 Å². The van der Waals surface area contributed by atoms with Crippen molar-refractivity contribution < 1.29 is 9.90 Å². The van der Waals surface area contributed by atoms with E-state index in [-0.39, 0.29) is 0 Å². The molecule has 20 heavy (non-hydrogen) atoms. The van der Waals surface area contributed by atoms with Crippen molar-refractivity contribution in [2.75, 3.05) is 33.2 Å². The Hall–Kier alpha value is -0.650. The van der Waals surface area contributed by atoms with Crippen molar-refractivity contribution in [3.05, 3.63) is 0 Å². The molecular weight excluding hydrogens is 254 g/mol. The number of rotatable bonds is 4. The summed E-state index contributed by atoms with van der Waals surface area (Å²) < 4.78 is 0. The lowest BCUT2D eigenvalue weighted by Crippen LogP contribution is -2.59. The van der Waals surface area contributed by atoms with Crippen LogP contribution in [0.15, 0.2) is 0 Å². The summed E-state index contributed by atoms with van der Waals surface area (Å²) in [5.74, 6) is -0.679. The van der Waals surface area contributed by atoms with Gasteiger partial charge in [-0.25, -0.2) is 0 Å². The summed E-state index contributed by atoms with van der Waals surface area (Å²) in [5.41, 5.74) is -0.698. The molecule has 0 aromatic rings. The third-order valence-corrected chi connectivity index (χ3v) is 5.54. The molecule has 0 bridgehead atoms. The van der Waals surface area contributed by atoms with Gasteiger partial charge in [0.05, 0.1) is 0 Å². The van der Waals surface area contributed by atoms with Crippen molar-refractivity contribution in [2.45, 2.75) is 56.1 Å². The highest BCUT2D eigenvalue weighted by Gasteiger charge is 2.44. The van der Waals surface area contributed by atoms with E-state index >= 15 is 0 Å². The van der Waals surface area contributed by atoms with E-state index in [1.165, 1.54) is 25.9 Å². The first-order valence-electron chi connectivity index (χ1n) is 8.05. The lowest BCUT2D eigenvalue weighted by atomic mass is 9.78. The number of nitrogens with zero attached hydrogens (tertiary/aromatic N) is 2. The number of hydrogen-bond donors (Lipinski definition) is 2. The van der Waals surface area contributed by atoms with Crippen molar-refractivity contribution in [2.24, 2.45) is 0 Å². The largest absolute Gasteiger partial charge is 0.480 e. The molecule has 0 radical (unpaired) electrons. The molecular formula is C15H27N3O2. The van der Waals surface area contributed by atoms with Crippen LogP contribution in [0.5, 0.6) is 0 Å². The Morgan fingerprint density at radius 3 is 2.20 bits per heavy atom. The molecule has 5 heteroatoms. The van der Waals surface area contributed by atoms with E-state index in [1.54, 1.807) is 7.05 Å². The summed E-state index contributed by atoms with van der Waals surface area (Å²) in [5, 5.41) is 12.6.